The molecule has 20 heavy (non-hydrogen) atoms. The van der Waals surface area contributed by atoms with Gasteiger partial charge in [-0.3, -0.25) is 4.40 Å². The fourth-order valence-electron chi connectivity index (χ4n) is 2.01. The fourth-order valence-corrected chi connectivity index (χ4v) is 2.01. The number of furan rings is 1. The third kappa shape index (κ3) is 2.53. The van der Waals surface area contributed by atoms with Crippen LogP contribution in [0.2, 0.25) is 0 Å². The SMILES string of the molecule is N#Cc1ccc(CNCCc2nnc3ccccn23)o1. The molecule has 3 rings (SSSR count). The number of fused-ring (bicyclic) bond motifs is 1. The Morgan fingerprint density at radius 2 is 2.20 bits per heavy atom. The summed E-state index contributed by atoms with van der Waals surface area (Å²) in [4.78, 5) is 0. The second kappa shape index (κ2) is 5.55. The van der Waals surface area contributed by atoms with E-state index in [9.17, 15) is 0 Å². The number of nitriles is 1. The molecule has 0 saturated heterocycles. The van der Waals surface area contributed by atoms with Crippen LogP contribution < -0.4 is 5.32 Å². The highest BCUT2D eigenvalue weighted by Gasteiger charge is 2.04. The highest BCUT2D eigenvalue weighted by molar-refractivity contribution is 5.37. The Balaban J connectivity index is 1.54. The normalized spacial score (nSPS) is 10.8. The van der Waals surface area contributed by atoms with Gasteiger partial charge in [0.25, 0.3) is 0 Å². The number of nitrogens with zero attached hydrogens (tertiary/aromatic N) is 4. The van der Waals surface area contributed by atoms with Crippen LogP contribution in [0.1, 0.15) is 17.3 Å². The van der Waals surface area contributed by atoms with Gasteiger partial charge in [0, 0.05) is 19.2 Å². The Morgan fingerprint density at radius 3 is 3.05 bits per heavy atom. The van der Waals surface area contributed by atoms with E-state index in [0.717, 1.165) is 30.2 Å². The average molecular weight is 267 g/mol. The molecule has 0 atom stereocenters. The number of hydrogen-bond acceptors (Lipinski definition) is 5. The van der Waals surface area contributed by atoms with E-state index in [0.29, 0.717) is 12.3 Å². The predicted molar refractivity (Wildman–Crippen MR) is 71.8 cm³/mol. The maximum Gasteiger partial charge on any atom is 0.203 e. The second-order valence-electron chi connectivity index (χ2n) is 4.35. The molecule has 0 bridgehead atoms. The Hall–Kier alpha value is -2.65. The summed E-state index contributed by atoms with van der Waals surface area (Å²) in [5.74, 6) is 2.02. The first-order valence-electron chi connectivity index (χ1n) is 6.35. The first-order chi connectivity index (χ1) is 9.86. The van der Waals surface area contributed by atoms with E-state index in [1.807, 2.05) is 34.9 Å². The van der Waals surface area contributed by atoms with E-state index in [1.165, 1.54) is 0 Å². The molecule has 0 aliphatic carbocycles. The van der Waals surface area contributed by atoms with Crippen LogP contribution >= 0.6 is 0 Å². The van der Waals surface area contributed by atoms with Gasteiger partial charge >= 0.3 is 0 Å². The van der Waals surface area contributed by atoms with Crippen molar-refractivity contribution in [2.24, 2.45) is 0 Å². The van der Waals surface area contributed by atoms with Crippen LogP contribution in [0.3, 0.4) is 0 Å². The molecule has 0 saturated carbocycles. The minimum atomic E-state index is 0.338. The van der Waals surface area contributed by atoms with Gasteiger partial charge in [0.2, 0.25) is 5.76 Å². The molecule has 0 spiro atoms. The molecule has 3 aromatic rings. The van der Waals surface area contributed by atoms with Crippen LogP contribution in [0.15, 0.2) is 40.9 Å². The number of rotatable bonds is 5. The van der Waals surface area contributed by atoms with Crippen molar-refractivity contribution >= 4 is 5.65 Å². The number of pyridine rings is 1. The molecule has 0 aliphatic rings. The van der Waals surface area contributed by atoms with Gasteiger partial charge in [-0.2, -0.15) is 5.26 Å². The van der Waals surface area contributed by atoms with E-state index in [-0.39, 0.29) is 0 Å². The lowest BCUT2D eigenvalue weighted by atomic mass is 10.3. The van der Waals surface area contributed by atoms with E-state index in [2.05, 4.69) is 15.5 Å². The highest BCUT2D eigenvalue weighted by Crippen LogP contribution is 2.06. The van der Waals surface area contributed by atoms with Crippen molar-refractivity contribution in [2.45, 2.75) is 13.0 Å². The first-order valence-corrected chi connectivity index (χ1v) is 6.35. The van der Waals surface area contributed by atoms with Crippen LogP contribution in [-0.4, -0.2) is 21.1 Å². The molecule has 100 valence electrons. The molecule has 0 unspecified atom stereocenters. The summed E-state index contributed by atoms with van der Waals surface area (Å²) in [5.41, 5.74) is 0.854. The molecule has 0 aliphatic heterocycles. The van der Waals surface area contributed by atoms with Gasteiger partial charge in [0.05, 0.1) is 6.54 Å². The molecule has 0 fully saturated rings. The fraction of sp³-hybridized carbons (Fsp3) is 0.214. The molecule has 6 nitrogen and oxygen atoms in total. The lowest BCUT2D eigenvalue weighted by Gasteiger charge is -2.01. The molecule has 0 aromatic carbocycles. The van der Waals surface area contributed by atoms with Crippen molar-refractivity contribution in [3.05, 3.63) is 53.9 Å². The Morgan fingerprint density at radius 1 is 1.25 bits per heavy atom. The maximum absolute atomic E-state index is 8.67. The number of aromatic nitrogens is 3. The number of nitrogens with one attached hydrogen (secondary N) is 1. The van der Waals surface area contributed by atoms with Gasteiger partial charge < -0.3 is 9.73 Å². The van der Waals surface area contributed by atoms with E-state index >= 15 is 0 Å². The largest absolute Gasteiger partial charge is 0.449 e. The Labute approximate surface area is 115 Å². The summed E-state index contributed by atoms with van der Waals surface area (Å²) in [5, 5.41) is 20.2. The maximum atomic E-state index is 8.67. The van der Waals surface area contributed by atoms with Crippen molar-refractivity contribution in [3.63, 3.8) is 0 Å². The third-order valence-corrected chi connectivity index (χ3v) is 2.98. The zero-order chi connectivity index (χ0) is 13.8. The van der Waals surface area contributed by atoms with Crippen LogP contribution in [0, 0.1) is 11.3 Å². The predicted octanol–water partition coefficient (Wildman–Crippen LogP) is 1.53. The van der Waals surface area contributed by atoms with E-state index in [4.69, 9.17) is 9.68 Å². The summed E-state index contributed by atoms with van der Waals surface area (Å²) in [6, 6.07) is 11.3. The highest BCUT2D eigenvalue weighted by atomic mass is 16.3. The zero-order valence-corrected chi connectivity index (χ0v) is 10.8. The van der Waals surface area contributed by atoms with Gasteiger partial charge in [-0.25, -0.2) is 0 Å². The van der Waals surface area contributed by atoms with Crippen molar-refractivity contribution in [1.82, 2.24) is 19.9 Å². The van der Waals surface area contributed by atoms with Crippen LogP contribution in [0.25, 0.3) is 5.65 Å². The first kappa shape index (κ1) is 12.4. The average Bonchev–Trinajstić information content (AvgIpc) is 3.10. The molecule has 3 heterocycles. The lowest BCUT2D eigenvalue weighted by molar-refractivity contribution is 0.474. The molecular formula is C14H13N5O. The Bertz CT molecular complexity index is 752. The molecule has 6 heteroatoms. The quantitative estimate of drug-likeness (QED) is 0.709. The topological polar surface area (TPSA) is 79.2 Å². The van der Waals surface area contributed by atoms with E-state index in [1.54, 1.807) is 12.1 Å². The summed E-state index contributed by atoms with van der Waals surface area (Å²) in [6.45, 7) is 1.36. The Kier molecular flexibility index (Phi) is 3.44. The third-order valence-electron chi connectivity index (χ3n) is 2.98. The molecular weight excluding hydrogens is 254 g/mol. The van der Waals surface area contributed by atoms with Crippen LogP contribution in [0.5, 0.6) is 0 Å². The van der Waals surface area contributed by atoms with Crippen molar-refractivity contribution in [2.75, 3.05) is 6.54 Å². The van der Waals surface area contributed by atoms with Gasteiger partial charge in [0.15, 0.2) is 5.65 Å². The summed E-state index contributed by atoms with van der Waals surface area (Å²) < 4.78 is 7.26. The standard InChI is InChI=1S/C14H13N5O/c15-9-11-4-5-12(20-11)10-16-7-6-14-18-17-13-3-1-2-8-19(13)14/h1-5,8,16H,6-7,10H2. The molecule has 0 radical (unpaired) electrons. The molecule has 3 aromatic heterocycles. The van der Waals surface area contributed by atoms with Crippen molar-refractivity contribution in [3.8, 4) is 6.07 Å². The minimum Gasteiger partial charge on any atom is -0.449 e. The number of hydrogen-bond donors (Lipinski definition) is 1. The van der Waals surface area contributed by atoms with Gasteiger partial charge in [-0.15, -0.1) is 10.2 Å². The second-order valence-corrected chi connectivity index (χ2v) is 4.35. The van der Waals surface area contributed by atoms with Gasteiger partial charge in [-0.1, -0.05) is 6.07 Å². The van der Waals surface area contributed by atoms with Gasteiger partial charge in [0.1, 0.15) is 17.7 Å². The monoisotopic (exact) mass is 267 g/mol. The molecule has 0 amide bonds. The summed E-state index contributed by atoms with van der Waals surface area (Å²) >= 11 is 0. The van der Waals surface area contributed by atoms with E-state index < -0.39 is 0 Å². The summed E-state index contributed by atoms with van der Waals surface area (Å²) in [6.07, 6.45) is 2.73. The smallest absolute Gasteiger partial charge is 0.203 e. The van der Waals surface area contributed by atoms with Crippen LogP contribution in [0.4, 0.5) is 0 Å². The zero-order valence-electron chi connectivity index (χ0n) is 10.8. The minimum absolute atomic E-state index is 0.338. The van der Waals surface area contributed by atoms with Crippen LogP contribution in [-0.2, 0) is 13.0 Å². The van der Waals surface area contributed by atoms with Gasteiger partial charge in [-0.05, 0) is 24.3 Å². The summed E-state index contributed by atoms with van der Waals surface area (Å²) in [7, 11) is 0. The van der Waals surface area contributed by atoms with Crippen molar-refractivity contribution < 1.29 is 4.42 Å². The lowest BCUT2D eigenvalue weighted by Crippen LogP contribution is -2.17. The molecule has 1 N–H and O–H groups in total. The van der Waals surface area contributed by atoms with Crippen molar-refractivity contribution in [1.29, 1.82) is 5.26 Å².